The van der Waals surface area contributed by atoms with E-state index in [9.17, 15) is 0 Å². The predicted molar refractivity (Wildman–Crippen MR) is 64.7 cm³/mol. The number of hydrogen-bond donors (Lipinski definition) is 0. The van der Waals surface area contributed by atoms with Gasteiger partial charge >= 0.3 is 26.2 Å². The zero-order valence-corrected chi connectivity index (χ0v) is 14.0. The van der Waals surface area contributed by atoms with E-state index in [1.165, 1.54) is 5.56 Å². The third kappa shape index (κ3) is 15.9. The number of halogens is 2. The maximum Gasteiger partial charge on any atom is 4.00 e. The largest absolute Gasteiger partial charge is 4.00 e. The Balaban J connectivity index is -0.0000000769. The average molecular weight is 348 g/mol. The molecular formula is C14H18Cl2Zr. The summed E-state index contributed by atoms with van der Waals surface area (Å²) < 4.78 is 0. The Morgan fingerprint density at radius 2 is 1.53 bits per heavy atom. The fourth-order valence-corrected chi connectivity index (χ4v) is 0.970. The van der Waals surface area contributed by atoms with Crippen LogP contribution in [0.2, 0.25) is 0 Å². The van der Waals surface area contributed by atoms with Crippen molar-refractivity contribution in [2.75, 3.05) is 0 Å². The first-order valence-corrected chi connectivity index (χ1v) is 4.80. The van der Waals surface area contributed by atoms with Gasteiger partial charge < -0.3 is 24.8 Å². The van der Waals surface area contributed by atoms with Crippen LogP contribution in [0.5, 0.6) is 0 Å². The second kappa shape index (κ2) is 21.2. The van der Waals surface area contributed by atoms with Crippen LogP contribution in [0.4, 0.5) is 0 Å². The Kier molecular flexibility index (Phi) is 32.0. The molecule has 0 unspecified atom stereocenters. The zero-order chi connectivity index (χ0) is 10.6. The van der Waals surface area contributed by atoms with Crippen LogP contribution < -0.4 is 24.8 Å². The van der Waals surface area contributed by atoms with Crippen molar-refractivity contribution in [3.8, 4) is 0 Å². The number of hydrogen-bond acceptors (Lipinski definition) is 0. The molecule has 3 heteroatoms. The molecular weight excluding hydrogens is 330 g/mol. The van der Waals surface area contributed by atoms with Gasteiger partial charge in [0.25, 0.3) is 0 Å². The SMILES string of the molecule is C=C.CCc1cc[cH-]c1.[Cl-].[Cl-].[Zr+4].c1cc[cH-]c1. The summed E-state index contributed by atoms with van der Waals surface area (Å²) in [7, 11) is 0. The van der Waals surface area contributed by atoms with Gasteiger partial charge in [-0.05, 0) is 0 Å². The molecule has 0 aliphatic rings. The Bertz CT molecular complexity index is 258. The van der Waals surface area contributed by atoms with Gasteiger partial charge in [0.1, 0.15) is 0 Å². The van der Waals surface area contributed by atoms with Gasteiger partial charge in [-0.15, -0.1) is 13.2 Å². The molecule has 0 aromatic heterocycles. The first-order valence-electron chi connectivity index (χ1n) is 4.80. The van der Waals surface area contributed by atoms with E-state index in [2.05, 4.69) is 44.3 Å². The summed E-state index contributed by atoms with van der Waals surface area (Å²) in [5, 5.41) is 0. The van der Waals surface area contributed by atoms with Crippen LogP contribution in [-0.2, 0) is 32.6 Å². The normalized spacial score (nSPS) is 6.41. The first kappa shape index (κ1) is 25.7. The molecule has 0 nitrogen and oxygen atoms in total. The third-order valence-electron chi connectivity index (χ3n) is 1.70. The molecule has 0 atom stereocenters. The molecule has 17 heavy (non-hydrogen) atoms. The minimum absolute atomic E-state index is 0. The molecule has 2 aromatic carbocycles. The zero-order valence-electron chi connectivity index (χ0n) is 10.1. The van der Waals surface area contributed by atoms with Gasteiger partial charge in [-0.3, -0.25) is 0 Å². The van der Waals surface area contributed by atoms with E-state index in [1.54, 1.807) is 0 Å². The van der Waals surface area contributed by atoms with E-state index in [0.717, 1.165) is 6.42 Å². The van der Waals surface area contributed by atoms with E-state index in [4.69, 9.17) is 0 Å². The fraction of sp³-hybridized carbons (Fsp3) is 0.143. The van der Waals surface area contributed by atoms with Crippen LogP contribution in [0.15, 0.2) is 67.8 Å². The van der Waals surface area contributed by atoms with Gasteiger partial charge in [0, 0.05) is 0 Å². The summed E-state index contributed by atoms with van der Waals surface area (Å²) in [5.74, 6) is 0. The molecule has 92 valence electrons. The van der Waals surface area contributed by atoms with Gasteiger partial charge in [-0.2, -0.15) is 42.0 Å². The van der Waals surface area contributed by atoms with Crippen LogP contribution in [-0.4, -0.2) is 0 Å². The molecule has 0 saturated heterocycles. The average Bonchev–Trinajstić information content (AvgIpc) is 2.97. The fourth-order valence-electron chi connectivity index (χ4n) is 0.970. The van der Waals surface area contributed by atoms with Gasteiger partial charge in [0.05, 0.1) is 0 Å². The van der Waals surface area contributed by atoms with Crippen molar-refractivity contribution in [3.63, 3.8) is 0 Å². The van der Waals surface area contributed by atoms with Gasteiger partial charge in [-0.25, -0.2) is 18.2 Å². The van der Waals surface area contributed by atoms with Crippen molar-refractivity contribution >= 4 is 0 Å². The van der Waals surface area contributed by atoms with Crippen molar-refractivity contribution in [2.45, 2.75) is 13.3 Å². The van der Waals surface area contributed by atoms with Crippen molar-refractivity contribution in [1.82, 2.24) is 0 Å². The van der Waals surface area contributed by atoms with E-state index >= 15 is 0 Å². The van der Waals surface area contributed by atoms with Crippen LogP contribution in [0.1, 0.15) is 12.5 Å². The van der Waals surface area contributed by atoms with Gasteiger partial charge in [0.2, 0.25) is 0 Å². The van der Waals surface area contributed by atoms with Crippen molar-refractivity contribution in [3.05, 3.63) is 73.3 Å². The molecule has 0 N–H and O–H groups in total. The Morgan fingerprint density at radius 3 is 1.71 bits per heavy atom. The van der Waals surface area contributed by atoms with Crippen molar-refractivity contribution in [2.24, 2.45) is 0 Å². The number of rotatable bonds is 1. The molecule has 0 amide bonds. The van der Waals surface area contributed by atoms with E-state index in [0.29, 0.717) is 0 Å². The van der Waals surface area contributed by atoms with E-state index in [1.807, 2.05) is 30.3 Å². The summed E-state index contributed by atoms with van der Waals surface area (Å²) in [6.45, 7) is 8.16. The van der Waals surface area contributed by atoms with Crippen LogP contribution in [0, 0.1) is 0 Å². The predicted octanol–water partition coefficient (Wildman–Crippen LogP) is -1.82. The number of aryl methyl sites for hydroxylation is 1. The van der Waals surface area contributed by atoms with Crippen LogP contribution in [0.25, 0.3) is 0 Å². The van der Waals surface area contributed by atoms with E-state index in [-0.39, 0.29) is 51.0 Å². The van der Waals surface area contributed by atoms with Gasteiger partial charge in [0.15, 0.2) is 0 Å². The minimum atomic E-state index is 0. The van der Waals surface area contributed by atoms with E-state index < -0.39 is 0 Å². The molecule has 2 rings (SSSR count). The minimum Gasteiger partial charge on any atom is -1.00 e. The molecule has 0 aliphatic carbocycles. The monoisotopic (exact) mass is 346 g/mol. The van der Waals surface area contributed by atoms with Gasteiger partial charge in [-0.1, -0.05) is 13.3 Å². The molecule has 0 radical (unpaired) electrons. The van der Waals surface area contributed by atoms with Crippen molar-refractivity contribution < 1.29 is 51.0 Å². The molecule has 0 heterocycles. The molecule has 2 aromatic rings. The second-order valence-electron chi connectivity index (χ2n) is 2.61. The Hall–Kier alpha value is -0.0969. The smallest absolute Gasteiger partial charge is 1.00 e. The summed E-state index contributed by atoms with van der Waals surface area (Å²) in [6.07, 6.45) is 1.16. The maximum atomic E-state index is 3.00. The Morgan fingerprint density at radius 1 is 1.00 bits per heavy atom. The summed E-state index contributed by atoms with van der Waals surface area (Å²) in [6, 6.07) is 18.4. The maximum absolute atomic E-state index is 3.00. The topological polar surface area (TPSA) is 0 Å². The second-order valence-corrected chi connectivity index (χ2v) is 2.61. The molecule has 0 spiro atoms. The summed E-state index contributed by atoms with van der Waals surface area (Å²) in [4.78, 5) is 0. The Labute approximate surface area is 137 Å². The first-order chi connectivity index (χ1) is 6.93. The standard InChI is InChI=1S/C7H9.C5H5.C2H4.2ClH.Zr/c1-2-7-5-3-4-6-7;1-2-4-5-3-1;1-2;;;/h3-6H,2H2,1H3;1-5H;1-2H2;2*1H;/q2*-1;;;;+4/p-2. The summed E-state index contributed by atoms with van der Waals surface area (Å²) in [5.41, 5.74) is 1.43. The summed E-state index contributed by atoms with van der Waals surface area (Å²) >= 11 is 0. The quantitative estimate of drug-likeness (QED) is 0.421. The van der Waals surface area contributed by atoms with Crippen molar-refractivity contribution in [1.29, 1.82) is 0 Å². The molecule has 0 bridgehead atoms. The molecule has 0 aliphatic heterocycles. The molecule has 0 saturated carbocycles. The van der Waals surface area contributed by atoms with Crippen LogP contribution >= 0.6 is 0 Å². The van der Waals surface area contributed by atoms with Crippen LogP contribution in [0.3, 0.4) is 0 Å². The third-order valence-corrected chi connectivity index (χ3v) is 1.70. The molecule has 0 fully saturated rings.